The summed E-state index contributed by atoms with van der Waals surface area (Å²) >= 11 is 0. The van der Waals surface area contributed by atoms with E-state index in [1.54, 1.807) is 6.07 Å². The van der Waals surface area contributed by atoms with Gasteiger partial charge in [0, 0.05) is 6.07 Å². The van der Waals surface area contributed by atoms with Gasteiger partial charge in [0.2, 0.25) is 0 Å². The van der Waals surface area contributed by atoms with Gasteiger partial charge in [-0.05, 0) is 5.18 Å². The number of aldehydes is 1. The summed E-state index contributed by atoms with van der Waals surface area (Å²) in [6, 6.07) is 1.55. The van der Waals surface area contributed by atoms with Crippen LogP contribution in [-0.2, 0) is 0 Å². The van der Waals surface area contributed by atoms with Crippen molar-refractivity contribution in [1.29, 1.82) is 0 Å². The summed E-state index contributed by atoms with van der Waals surface area (Å²) in [6.07, 6.45) is 1.92. The predicted molar refractivity (Wildman–Crippen MR) is 38.4 cm³/mol. The van der Waals surface area contributed by atoms with E-state index in [9.17, 15) is 9.70 Å². The Bertz CT molecular complexity index is 256. The molecule has 11 heavy (non-hydrogen) atoms. The van der Waals surface area contributed by atoms with Crippen molar-refractivity contribution in [2.45, 2.75) is 0 Å². The minimum atomic E-state index is -0.0691. The fourth-order valence-corrected chi connectivity index (χ4v) is 0.676. The Hall–Kier alpha value is -1.65. The van der Waals surface area contributed by atoms with Gasteiger partial charge in [0.15, 0.2) is 18.7 Å². The minimum Gasteiger partial charge on any atom is -0.459 e. The number of hydrogen-bond donors (Lipinski definition) is 1. The molecule has 0 atom stereocenters. The van der Waals surface area contributed by atoms with Gasteiger partial charge in [0.25, 0.3) is 0 Å². The Kier molecular flexibility index (Phi) is 2.37. The van der Waals surface area contributed by atoms with Crippen LogP contribution in [0.4, 0.5) is 5.69 Å². The van der Waals surface area contributed by atoms with E-state index in [1.807, 2.05) is 0 Å². The molecule has 0 aliphatic carbocycles. The topological polar surface area (TPSA) is 71.7 Å². The number of carbonyl (C=O) groups excluding carboxylic acids is 1. The van der Waals surface area contributed by atoms with Crippen molar-refractivity contribution < 1.29 is 9.21 Å². The third-order valence-electron chi connectivity index (χ3n) is 1.14. The first-order valence-electron chi connectivity index (χ1n) is 2.94. The van der Waals surface area contributed by atoms with Crippen molar-refractivity contribution in [3.63, 3.8) is 0 Å². The van der Waals surface area contributed by atoms with Crippen LogP contribution in [0.2, 0.25) is 0 Å². The Labute approximate surface area is 62.4 Å². The maximum Gasteiger partial charge on any atom is 0.189 e. The Morgan fingerprint density at radius 3 is 3.18 bits per heavy atom. The van der Waals surface area contributed by atoms with Crippen LogP contribution in [0.5, 0.6) is 0 Å². The van der Waals surface area contributed by atoms with Crippen molar-refractivity contribution in [1.82, 2.24) is 0 Å². The normalized spacial score (nSPS) is 9.09. The number of anilines is 1. The number of hydrogen-bond acceptors (Lipinski definition) is 5. The number of nitrogens with zero attached hydrogens (tertiary/aromatic N) is 1. The third-order valence-corrected chi connectivity index (χ3v) is 1.14. The lowest BCUT2D eigenvalue weighted by atomic mass is 10.4. The zero-order chi connectivity index (χ0) is 8.10. The van der Waals surface area contributed by atoms with Gasteiger partial charge in [-0.15, -0.1) is 4.91 Å². The number of furan rings is 1. The molecular weight excluding hydrogens is 148 g/mol. The molecule has 0 aromatic carbocycles. The lowest BCUT2D eigenvalue weighted by Crippen LogP contribution is -1.98. The van der Waals surface area contributed by atoms with Gasteiger partial charge >= 0.3 is 0 Å². The Balaban J connectivity index is 2.67. The van der Waals surface area contributed by atoms with Crippen molar-refractivity contribution in [2.24, 2.45) is 5.18 Å². The lowest BCUT2D eigenvalue weighted by molar-refractivity contribution is 0.110. The summed E-state index contributed by atoms with van der Waals surface area (Å²) in [6.45, 7) is -0.0691. The second-order valence-corrected chi connectivity index (χ2v) is 1.78. The SMILES string of the molecule is O=Cc1occc1NCN=O. The molecule has 1 aromatic rings. The highest BCUT2D eigenvalue weighted by atomic mass is 16.3. The highest BCUT2D eigenvalue weighted by Gasteiger charge is 2.02. The number of nitrogens with one attached hydrogen (secondary N) is 1. The Morgan fingerprint density at radius 2 is 2.55 bits per heavy atom. The monoisotopic (exact) mass is 154 g/mol. The van der Waals surface area contributed by atoms with E-state index in [0.717, 1.165) is 0 Å². The van der Waals surface area contributed by atoms with Crippen LogP contribution in [0.15, 0.2) is 21.9 Å². The summed E-state index contributed by atoms with van der Waals surface area (Å²) in [5.41, 5.74) is 0.486. The maximum atomic E-state index is 10.2. The largest absolute Gasteiger partial charge is 0.459 e. The molecule has 0 bridgehead atoms. The van der Waals surface area contributed by atoms with E-state index in [1.165, 1.54) is 6.26 Å². The highest BCUT2D eigenvalue weighted by Crippen LogP contribution is 2.13. The molecule has 1 rings (SSSR count). The quantitative estimate of drug-likeness (QED) is 0.522. The molecule has 1 N–H and O–H groups in total. The molecule has 0 aliphatic heterocycles. The molecule has 0 saturated heterocycles. The summed E-state index contributed by atoms with van der Waals surface area (Å²) in [5, 5.41) is 5.16. The van der Waals surface area contributed by atoms with E-state index in [0.29, 0.717) is 12.0 Å². The number of nitroso groups, excluding NO2 is 1. The van der Waals surface area contributed by atoms with E-state index in [2.05, 4.69) is 10.5 Å². The first-order valence-corrected chi connectivity index (χ1v) is 2.94. The van der Waals surface area contributed by atoms with E-state index in [-0.39, 0.29) is 12.4 Å². The van der Waals surface area contributed by atoms with E-state index >= 15 is 0 Å². The molecule has 58 valence electrons. The van der Waals surface area contributed by atoms with Crippen molar-refractivity contribution in [3.8, 4) is 0 Å². The molecule has 0 amide bonds. The predicted octanol–water partition coefficient (Wildman–Crippen LogP) is 1.23. The van der Waals surface area contributed by atoms with Crippen LogP contribution >= 0.6 is 0 Å². The third kappa shape index (κ3) is 1.64. The summed E-state index contributed by atoms with van der Waals surface area (Å²) in [7, 11) is 0. The fraction of sp³-hybridized carbons (Fsp3) is 0.167. The first kappa shape index (κ1) is 7.46. The second-order valence-electron chi connectivity index (χ2n) is 1.78. The van der Waals surface area contributed by atoms with Crippen LogP contribution in [0.1, 0.15) is 10.6 Å². The van der Waals surface area contributed by atoms with Gasteiger partial charge in [-0.3, -0.25) is 4.79 Å². The standard InChI is InChI=1S/C6H6N2O3/c9-3-6-5(1-2-11-6)7-4-8-10/h1-3,7H,4H2. The number of rotatable bonds is 4. The van der Waals surface area contributed by atoms with Crippen molar-refractivity contribution in [2.75, 3.05) is 12.0 Å². The summed E-state index contributed by atoms with van der Waals surface area (Å²) in [4.78, 5) is 19.9. The van der Waals surface area contributed by atoms with E-state index in [4.69, 9.17) is 4.42 Å². The minimum absolute atomic E-state index is 0.0691. The van der Waals surface area contributed by atoms with Gasteiger partial charge in [-0.1, -0.05) is 0 Å². The number of carbonyl (C=O) groups is 1. The van der Waals surface area contributed by atoms with Crippen LogP contribution < -0.4 is 5.32 Å². The molecule has 5 nitrogen and oxygen atoms in total. The molecule has 1 heterocycles. The first-order chi connectivity index (χ1) is 5.38. The molecule has 0 unspecified atom stereocenters. The average molecular weight is 154 g/mol. The average Bonchev–Trinajstić information content (AvgIpc) is 2.47. The van der Waals surface area contributed by atoms with Gasteiger partial charge < -0.3 is 9.73 Å². The molecular formula is C6H6N2O3. The molecule has 1 aromatic heterocycles. The van der Waals surface area contributed by atoms with Crippen LogP contribution in [0, 0.1) is 4.91 Å². The van der Waals surface area contributed by atoms with Crippen molar-refractivity contribution >= 4 is 12.0 Å². The van der Waals surface area contributed by atoms with Crippen LogP contribution in [-0.4, -0.2) is 13.0 Å². The maximum absolute atomic E-state index is 10.2. The zero-order valence-electron chi connectivity index (χ0n) is 5.61. The fourth-order valence-electron chi connectivity index (χ4n) is 0.676. The van der Waals surface area contributed by atoms with Gasteiger partial charge in [0.1, 0.15) is 0 Å². The van der Waals surface area contributed by atoms with Crippen molar-refractivity contribution in [3.05, 3.63) is 23.0 Å². The second kappa shape index (κ2) is 3.50. The smallest absolute Gasteiger partial charge is 0.189 e. The van der Waals surface area contributed by atoms with Crippen LogP contribution in [0.3, 0.4) is 0 Å². The molecule has 0 fully saturated rings. The molecule has 0 aliphatic rings. The summed E-state index contributed by atoms with van der Waals surface area (Å²) in [5.74, 6) is 0.175. The molecule has 0 radical (unpaired) electrons. The van der Waals surface area contributed by atoms with Gasteiger partial charge in [-0.2, -0.15) is 0 Å². The highest BCUT2D eigenvalue weighted by molar-refractivity contribution is 5.80. The van der Waals surface area contributed by atoms with Gasteiger partial charge in [0.05, 0.1) is 12.0 Å². The van der Waals surface area contributed by atoms with Gasteiger partial charge in [-0.25, -0.2) is 0 Å². The Morgan fingerprint density at radius 1 is 1.73 bits per heavy atom. The van der Waals surface area contributed by atoms with Crippen LogP contribution in [0.25, 0.3) is 0 Å². The molecule has 0 spiro atoms. The summed E-state index contributed by atoms with van der Waals surface area (Å²) < 4.78 is 4.74. The molecule has 0 saturated carbocycles. The zero-order valence-corrected chi connectivity index (χ0v) is 5.61. The lowest BCUT2D eigenvalue weighted by Gasteiger charge is -1.94. The van der Waals surface area contributed by atoms with E-state index < -0.39 is 0 Å². The molecule has 5 heteroatoms.